The van der Waals surface area contributed by atoms with Crippen molar-refractivity contribution in [2.45, 2.75) is 42.9 Å². The summed E-state index contributed by atoms with van der Waals surface area (Å²) in [7, 11) is 4.02. The second kappa shape index (κ2) is 6.20. The van der Waals surface area contributed by atoms with Crippen LogP contribution >= 0.6 is 0 Å². The summed E-state index contributed by atoms with van der Waals surface area (Å²) in [5.41, 5.74) is 0.234. The summed E-state index contributed by atoms with van der Waals surface area (Å²) in [5, 5.41) is 2.62. The molecule has 1 saturated carbocycles. The second-order valence-electron chi connectivity index (χ2n) is 7.38. The van der Waals surface area contributed by atoms with Gasteiger partial charge in [0, 0.05) is 12.1 Å². The first-order valence-electron chi connectivity index (χ1n) is 8.54. The van der Waals surface area contributed by atoms with Crippen LogP contribution in [0, 0.1) is 0 Å². The van der Waals surface area contributed by atoms with Gasteiger partial charge in [-0.05, 0) is 45.3 Å². The molecular formula is C18H24F3N3O. The molecule has 1 spiro atoms. The van der Waals surface area contributed by atoms with Gasteiger partial charge >= 0.3 is 12.2 Å². The molecule has 2 amide bonds. The van der Waals surface area contributed by atoms with E-state index in [1.54, 1.807) is 0 Å². The molecule has 0 bridgehead atoms. The number of urea groups is 1. The molecule has 25 heavy (non-hydrogen) atoms. The minimum Gasteiger partial charge on any atom is -0.336 e. The van der Waals surface area contributed by atoms with Crippen molar-refractivity contribution in [3.63, 3.8) is 0 Å². The maximum Gasteiger partial charge on any atom is 0.406 e. The summed E-state index contributed by atoms with van der Waals surface area (Å²) >= 11 is 0. The van der Waals surface area contributed by atoms with E-state index in [0.717, 1.165) is 4.90 Å². The van der Waals surface area contributed by atoms with Gasteiger partial charge in [0.25, 0.3) is 0 Å². The molecule has 2 fully saturated rings. The van der Waals surface area contributed by atoms with Crippen LogP contribution in [0.2, 0.25) is 0 Å². The van der Waals surface area contributed by atoms with Crippen LogP contribution in [0.5, 0.6) is 0 Å². The smallest absolute Gasteiger partial charge is 0.336 e. The van der Waals surface area contributed by atoms with E-state index in [2.05, 4.69) is 22.3 Å². The summed E-state index contributed by atoms with van der Waals surface area (Å²) in [5.74, 6) is 0. The Balaban J connectivity index is 1.85. The summed E-state index contributed by atoms with van der Waals surface area (Å²) in [6.07, 6.45) is -1.85. The lowest BCUT2D eigenvalue weighted by atomic mass is 9.68. The van der Waals surface area contributed by atoms with Crippen LogP contribution in [0.15, 0.2) is 30.3 Å². The van der Waals surface area contributed by atoms with Gasteiger partial charge in [-0.3, -0.25) is 4.90 Å². The molecule has 4 nitrogen and oxygen atoms in total. The summed E-state index contributed by atoms with van der Waals surface area (Å²) in [6, 6.07) is 9.48. The van der Waals surface area contributed by atoms with E-state index < -0.39 is 24.3 Å². The zero-order chi connectivity index (χ0) is 18.3. The van der Waals surface area contributed by atoms with Gasteiger partial charge in [-0.1, -0.05) is 30.3 Å². The molecule has 1 aliphatic carbocycles. The fraction of sp³-hybridized carbons (Fsp3) is 0.611. The Kier molecular flexibility index (Phi) is 4.47. The number of carbonyl (C=O) groups is 1. The van der Waals surface area contributed by atoms with Crippen LogP contribution in [-0.4, -0.2) is 54.7 Å². The molecule has 1 aromatic rings. The lowest BCUT2D eigenvalue weighted by Crippen LogP contribution is -2.57. The lowest BCUT2D eigenvalue weighted by Gasteiger charge is -2.51. The first kappa shape index (κ1) is 18.0. The lowest BCUT2D eigenvalue weighted by molar-refractivity contribution is -0.150. The Morgan fingerprint density at radius 2 is 1.72 bits per heavy atom. The molecule has 0 atom stereocenters. The molecule has 1 aliphatic heterocycles. The van der Waals surface area contributed by atoms with Crippen molar-refractivity contribution in [2.24, 2.45) is 0 Å². The molecule has 3 rings (SSSR count). The van der Waals surface area contributed by atoms with Crippen LogP contribution in [0.1, 0.15) is 31.2 Å². The minimum atomic E-state index is -4.38. The third-order valence-corrected chi connectivity index (χ3v) is 5.90. The zero-order valence-electron chi connectivity index (χ0n) is 14.6. The zero-order valence-corrected chi connectivity index (χ0v) is 14.6. The molecule has 0 unspecified atom stereocenters. The highest BCUT2D eigenvalue weighted by molar-refractivity contribution is 5.78. The Morgan fingerprint density at radius 1 is 1.12 bits per heavy atom. The normalized spacial score (nSPS) is 30.2. The number of carbonyl (C=O) groups excluding carboxylic acids is 1. The van der Waals surface area contributed by atoms with E-state index in [-0.39, 0.29) is 5.54 Å². The number of rotatable bonds is 3. The van der Waals surface area contributed by atoms with Crippen molar-refractivity contribution >= 4 is 6.03 Å². The topological polar surface area (TPSA) is 35.6 Å². The second-order valence-corrected chi connectivity index (χ2v) is 7.38. The number of hydrogen-bond donors (Lipinski definition) is 1. The van der Waals surface area contributed by atoms with E-state index in [4.69, 9.17) is 0 Å². The van der Waals surface area contributed by atoms with Crippen LogP contribution in [0.3, 0.4) is 0 Å². The van der Waals surface area contributed by atoms with Crippen LogP contribution in [-0.2, 0) is 5.54 Å². The van der Waals surface area contributed by atoms with Crippen molar-refractivity contribution in [3.8, 4) is 0 Å². The van der Waals surface area contributed by atoms with Crippen molar-refractivity contribution < 1.29 is 18.0 Å². The third-order valence-electron chi connectivity index (χ3n) is 5.90. The van der Waals surface area contributed by atoms with Gasteiger partial charge in [-0.25, -0.2) is 4.79 Å². The first-order chi connectivity index (χ1) is 11.7. The number of amides is 2. The number of nitrogens with one attached hydrogen (secondary N) is 1. The minimum absolute atomic E-state index is 0.206. The number of nitrogens with zero attached hydrogens (tertiary/aromatic N) is 2. The van der Waals surface area contributed by atoms with Gasteiger partial charge in [-0.2, -0.15) is 13.2 Å². The predicted molar refractivity (Wildman–Crippen MR) is 89.2 cm³/mol. The molecular weight excluding hydrogens is 331 g/mol. The van der Waals surface area contributed by atoms with Crippen LogP contribution < -0.4 is 5.32 Å². The Bertz CT molecular complexity index is 622. The van der Waals surface area contributed by atoms with Crippen molar-refractivity contribution in [3.05, 3.63) is 35.9 Å². The fourth-order valence-electron chi connectivity index (χ4n) is 4.38. The summed E-state index contributed by atoms with van der Waals surface area (Å²) in [4.78, 5) is 15.2. The van der Waals surface area contributed by atoms with Crippen molar-refractivity contribution in [2.75, 3.05) is 27.2 Å². The molecule has 7 heteroatoms. The Hall–Kier alpha value is -1.76. The van der Waals surface area contributed by atoms with Gasteiger partial charge in [0.2, 0.25) is 0 Å². The Labute approximate surface area is 146 Å². The van der Waals surface area contributed by atoms with E-state index in [9.17, 15) is 18.0 Å². The number of benzene rings is 1. The van der Waals surface area contributed by atoms with E-state index in [1.807, 2.05) is 32.3 Å². The number of hydrogen-bond acceptors (Lipinski definition) is 2. The van der Waals surface area contributed by atoms with Gasteiger partial charge in [-0.15, -0.1) is 0 Å². The average Bonchev–Trinajstić information content (AvgIpc) is 2.85. The maximum absolute atomic E-state index is 12.9. The summed E-state index contributed by atoms with van der Waals surface area (Å²) in [6.45, 7) is -0.890. The molecule has 0 radical (unpaired) electrons. The highest BCUT2D eigenvalue weighted by Gasteiger charge is 2.54. The van der Waals surface area contributed by atoms with E-state index in [1.165, 1.54) is 5.56 Å². The van der Waals surface area contributed by atoms with Crippen molar-refractivity contribution in [1.29, 1.82) is 0 Å². The molecule has 2 aliphatic rings. The highest BCUT2D eigenvalue weighted by atomic mass is 19.4. The van der Waals surface area contributed by atoms with Crippen LogP contribution in [0.25, 0.3) is 0 Å². The molecule has 1 heterocycles. The highest BCUT2D eigenvalue weighted by Crippen LogP contribution is 2.48. The molecule has 1 saturated heterocycles. The van der Waals surface area contributed by atoms with Crippen molar-refractivity contribution in [1.82, 2.24) is 15.1 Å². The first-order valence-corrected chi connectivity index (χ1v) is 8.54. The predicted octanol–water partition coefficient (Wildman–Crippen LogP) is 3.34. The molecule has 1 aromatic carbocycles. The third kappa shape index (κ3) is 3.21. The van der Waals surface area contributed by atoms with Gasteiger partial charge in [0.1, 0.15) is 6.54 Å². The van der Waals surface area contributed by atoms with Gasteiger partial charge in [0.05, 0.1) is 5.54 Å². The Morgan fingerprint density at radius 3 is 2.24 bits per heavy atom. The van der Waals surface area contributed by atoms with Gasteiger partial charge in [0.15, 0.2) is 0 Å². The molecule has 138 valence electrons. The van der Waals surface area contributed by atoms with E-state index in [0.29, 0.717) is 32.2 Å². The average molecular weight is 355 g/mol. The standard InChI is InChI=1S/C18H24F3N3O/c1-23(2)17(14-6-4-3-5-7-14)10-8-16(9-11-17)12-22-15(25)24(16)13-18(19,20)21/h3-7H,8-13H2,1-2H3,(H,22,25)/t16-,17+. The maximum atomic E-state index is 12.9. The fourth-order valence-corrected chi connectivity index (χ4v) is 4.38. The SMILES string of the molecule is CN(C)[C@]1(c2ccccc2)CC[C@]2(CC1)CNC(=O)N2CC(F)(F)F. The van der Waals surface area contributed by atoms with Crippen LogP contribution in [0.4, 0.5) is 18.0 Å². The molecule has 1 N–H and O–H groups in total. The number of alkyl halides is 3. The van der Waals surface area contributed by atoms with E-state index >= 15 is 0 Å². The number of halogens is 3. The molecule has 0 aromatic heterocycles. The quantitative estimate of drug-likeness (QED) is 0.903. The monoisotopic (exact) mass is 355 g/mol. The van der Waals surface area contributed by atoms with Gasteiger partial charge < -0.3 is 10.2 Å². The largest absolute Gasteiger partial charge is 0.406 e. The summed E-state index contributed by atoms with van der Waals surface area (Å²) < 4.78 is 38.8.